The van der Waals surface area contributed by atoms with Crippen molar-refractivity contribution in [2.75, 3.05) is 24.7 Å². The molecule has 0 N–H and O–H groups in total. The van der Waals surface area contributed by atoms with Gasteiger partial charge in [-0.2, -0.15) is 0 Å². The standard InChI is InChI=1S/C14H15F2NO3/c1-2-3-7-20-8-6-17-12-10(16)5-4-9(15)11(12)13(18)14(17)19/h4-5H,2-3,6-8H2,1H3. The first-order chi connectivity index (χ1) is 9.57. The first-order valence-electron chi connectivity index (χ1n) is 6.49. The Morgan fingerprint density at radius 3 is 2.55 bits per heavy atom. The fraction of sp³-hybridized carbons (Fsp3) is 0.429. The molecule has 1 aromatic rings. The second-order valence-corrected chi connectivity index (χ2v) is 4.50. The van der Waals surface area contributed by atoms with Gasteiger partial charge in [-0.15, -0.1) is 0 Å². The van der Waals surface area contributed by atoms with Crippen LogP contribution < -0.4 is 4.90 Å². The minimum Gasteiger partial charge on any atom is -0.380 e. The summed E-state index contributed by atoms with van der Waals surface area (Å²) in [4.78, 5) is 24.4. The number of rotatable bonds is 6. The smallest absolute Gasteiger partial charge is 0.299 e. The molecule has 1 aromatic carbocycles. The number of halogens is 2. The predicted octanol–water partition coefficient (Wildman–Crippen LogP) is 2.31. The Hall–Kier alpha value is -1.82. The van der Waals surface area contributed by atoms with Crippen molar-refractivity contribution in [1.29, 1.82) is 0 Å². The van der Waals surface area contributed by atoms with Crippen LogP contribution in [0.3, 0.4) is 0 Å². The van der Waals surface area contributed by atoms with Gasteiger partial charge in [-0.3, -0.25) is 14.5 Å². The third kappa shape index (κ3) is 2.56. The lowest BCUT2D eigenvalue weighted by atomic mass is 10.1. The zero-order valence-corrected chi connectivity index (χ0v) is 11.1. The number of unbranched alkanes of at least 4 members (excludes halogenated alkanes) is 1. The number of carbonyl (C=O) groups is 2. The van der Waals surface area contributed by atoms with Crippen LogP contribution in [-0.4, -0.2) is 31.4 Å². The number of amides is 1. The van der Waals surface area contributed by atoms with E-state index in [9.17, 15) is 18.4 Å². The lowest BCUT2D eigenvalue weighted by molar-refractivity contribution is -0.114. The number of hydrogen-bond acceptors (Lipinski definition) is 3. The molecular formula is C14H15F2NO3. The van der Waals surface area contributed by atoms with E-state index in [2.05, 4.69) is 0 Å². The number of ketones is 1. The van der Waals surface area contributed by atoms with Crippen molar-refractivity contribution in [1.82, 2.24) is 0 Å². The molecule has 4 nitrogen and oxygen atoms in total. The summed E-state index contributed by atoms with van der Waals surface area (Å²) >= 11 is 0. The van der Waals surface area contributed by atoms with Gasteiger partial charge in [-0.1, -0.05) is 13.3 Å². The molecule has 0 unspecified atom stereocenters. The van der Waals surface area contributed by atoms with E-state index in [0.717, 1.165) is 29.9 Å². The van der Waals surface area contributed by atoms with E-state index in [1.54, 1.807) is 0 Å². The summed E-state index contributed by atoms with van der Waals surface area (Å²) < 4.78 is 32.6. The van der Waals surface area contributed by atoms with Crippen LogP contribution in [0.25, 0.3) is 0 Å². The van der Waals surface area contributed by atoms with Crippen molar-refractivity contribution in [3.63, 3.8) is 0 Å². The number of hydrogen-bond donors (Lipinski definition) is 0. The Balaban J connectivity index is 2.14. The summed E-state index contributed by atoms with van der Waals surface area (Å²) in [7, 11) is 0. The lowest BCUT2D eigenvalue weighted by Gasteiger charge is -2.17. The summed E-state index contributed by atoms with van der Waals surface area (Å²) in [6.45, 7) is 2.75. The molecule has 0 bridgehead atoms. The normalized spacial score (nSPS) is 14.1. The fourth-order valence-electron chi connectivity index (χ4n) is 2.07. The summed E-state index contributed by atoms with van der Waals surface area (Å²) in [6, 6.07) is 1.76. The van der Waals surface area contributed by atoms with E-state index >= 15 is 0 Å². The van der Waals surface area contributed by atoms with Gasteiger partial charge >= 0.3 is 0 Å². The number of ether oxygens (including phenoxy) is 1. The van der Waals surface area contributed by atoms with E-state index in [0.29, 0.717) is 6.61 Å². The van der Waals surface area contributed by atoms with E-state index in [4.69, 9.17) is 4.74 Å². The molecule has 1 aliphatic heterocycles. The highest BCUT2D eigenvalue weighted by Crippen LogP contribution is 2.33. The molecule has 1 aliphatic rings. The van der Waals surface area contributed by atoms with Gasteiger partial charge in [0.1, 0.15) is 11.6 Å². The van der Waals surface area contributed by atoms with Gasteiger partial charge in [0.25, 0.3) is 11.7 Å². The van der Waals surface area contributed by atoms with Gasteiger partial charge in [0, 0.05) is 13.2 Å². The quantitative estimate of drug-likeness (QED) is 0.594. The van der Waals surface area contributed by atoms with Gasteiger partial charge in [0.2, 0.25) is 0 Å². The number of carbonyl (C=O) groups excluding carboxylic acids is 2. The first-order valence-corrected chi connectivity index (χ1v) is 6.49. The molecule has 108 valence electrons. The predicted molar refractivity (Wildman–Crippen MR) is 68.8 cm³/mol. The molecule has 6 heteroatoms. The van der Waals surface area contributed by atoms with E-state index in [-0.39, 0.29) is 18.8 Å². The van der Waals surface area contributed by atoms with Crippen LogP contribution in [0, 0.1) is 11.6 Å². The molecule has 2 rings (SSSR count). The summed E-state index contributed by atoms with van der Waals surface area (Å²) in [5.41, 5.74) is -0.761. The number of nitrogens with zero attached hydrogens (tertiary/aromatic N) is 1. The maximum absolute atomic E-state index is 13.7. The summed E-state index contributed by atoms with van der Waals surface area (Å²) in [5, 5.41) is 0. The van der Waals surface area contributed by atoms with Crippen LogP contribution >= 0.6 is 0 Å². The molecule has 0 aliphatic carbocycles. The van der Waals surface area contributed by atoms with E-state index in [1.165, 1.54) is 0 Å². The molecule has 0 saturated carbocycles. The molecule has 1 amide bonds. The average Bonchev–Trinajstić information content (AvgIpc) is 2.68. The summed E-state index contributed by atoms with van der Waals surface area (Å²) in [6.07, 6.45) is 1.86. The Kier molecular flexibility index (Phi) is 4.44. The van der Waals surface area contributed by atoms with Crippen molar-refractivity contribution in [2.24, 2.45) is 0 Å². The van der Waals surface area contributed by atoms with Crippen molar-refractivity contribution in [3.8, 4) is 0 Å². The Bertz CT molecular complexity index is 545. The number of anilines is 1. The highest BCUT2D eigenvalue weighted by molar-refractivity contribution is 6.52. The van der Waals surface area contributed by atoms with Gasteiger partial charge in [-0.25, -0.2) is 8.78 Å². The third-order valence-electron chi connectivity index (χ3n) is 3.12. The molecule has 0 atom stereocenters. The molecule has 0 fully saturated rings. The van der Waals surface area contributed by atoms with Crippen molar-refractivity contribution >= 4 is 17.4 Å². The molecule has 0 radical (unpaired) electrons. The SMILES string of the molecule is CCCCOCCN1C(=O)C(=O)c2c(F)ccc(F)c21. The van der Waals surface area contributed by atoms with Gasteiger partial charge < -0.3 is 4.74 Å². The number of fused-ring (bicyclic) bond motifs is 1. The fourth-order valence-corrected chi connectivity index (χ4v) is 2.07. The van der Waals surface area contributed by atoms with Crippen LogP contribution in [0.15, 0.2) is 12.1 Å². The topological polar surface area (TPSA) is 46.6 Å². The van der Waals surface area contributed by atoms with Crippen molar-refractivity contribution in [3.05, 3.63) is 29.3 Å². The third-order valence-corrected chi connectivity index (χ3v) is 3.12. The minimum absolute atomic E-state index is 0.0294. The van der Waals surface area contributed by atoms with Crippen LogP contribution in [0.2, 0.25) is 0 Å². The largest absolute Gasteiger partial charge is 0.380 e. The van der Waals surface area contributed by atoms with Crippen molar-refractivity contribution in [2.45, 2.75) is 19.8 Å². The van der Waals surface area contributed by atoms with Crippen molar-refractivity contribution < 1.29 is 23.1 Å². The first kappa shape index (κ1) is 14.6. The second-order valence-electron chi connectivity index (χ2n) is 4.50. The maximum atomic E-state index is 13.7. The van der Waals surface area contributed by atoms with Crippen LogP contribution in [0.4, 0.5) is 14.5 Å². The lowest BCUT2D eigenvalue weighted by Crippen LogP contribution is -2.33. The van der Waals surface area contributed by atoms with E-state index < -0.39 is 28.9 Å². The highest BCUT2D eigenvalue weighted by atomic mass is 19.1. The Morgan fingerprint density at radius 1 is 1.15 bits per heavy atom. The highest BCUT2D eigenvalue weighted by Gasteiger charge is 2.40. The Labute approximate surface area is 115 Å². The zero-order valence-electron chi connectivity index (χ0n) is 11.1. The van der Waals surface area contributed by atoms with E-state index in [1.807, 2.05) is 6.92 Å². The van der Waals surface area contributed by atoms with Gasteiger partial charge in [0.05, 0.1) is 17.9 Å². The second kappa shape index (κ2) is 6.09. The Morgan fingerprint density at radius 2 is 1.85 bits per heavy atom. The van der Waals surface area contributed by atoms with Gasteiger partial charge in [-0.05, 0) is 18.6 Å². The monoisotopic (exact) mass is 283 g/mol. The molecule has 0 spiro atoms. The zero-order chi connectivity index (χ0) is 14.7. The molecule has 0 aromatic heterocycles. The van der Waals surface area contributed by atoms with Crippen LogP contribution in [0.1, 0.15) is 30.1 Å². The molecule has 0 saturated heterocycles. The maximum Gasteiger partial charge on any atom is 0.299 e. The number of Topliss-reactive ketones (excluding diaryl/α,β-unsaturated/α-hetero) is 1. The molecule has 1 heterocycles. The average molecular weight is 283 g/mol. The summed E-state index contributed by atoms with van der Waals surface area (Å²) in [5.74, 6) is -3.59. The molecular weight excluding hydrogens is 268 g/mol. The molecule has 20 heavy (non-hydrogen) atoms. The van der Waals surface area contributed by atoms with Crippen LogP contribution in [0.5, 0.6) is 0 Å². The minimum atomic E-state index is -1.01. The number of benzene rings is 1. The van der Waals surface area contributed by atoms with Gasteiger partial charge in [0.15, 0.2) is 0 Å². The van der Waals surface area contributed by atoms with Crippen LogP contribution in [-0.2, 0) is 9.53 Å².